The van der Waals surface area contributed by atoms with Gasteiger partial charge in [0.1, 0.15) is 17.5 Å². The highest BCUT2D eigenvalue weighted by Crippen LogP contribution is 2.26. The number of nitrogens with one attached hydrogen (secondary N) is 1. The van der Waals surface area contributed by atoms with E-state index in [1.807, 2.05) is 7.05 Å². The molecular weight excluding hydrogens is 268 g/mol. The molecule has 0 aliphatic carbocycles. The van der Waals surface area contributed by atoms with Crippen molar-refractivity contribution < 1.29 is 0 Å². The second-order valence-electron chi connectivity index (χ2n) is 5.22. The molecule has 0 unspecified atom stereocenters. The molecule has 0 aromatic carbocycles. The zero-order valence-corrected chi connectivity index (χ0v) is 13.6. The van der Waals surface area contributed by atoms with Gasteiger partial charge in [-0.1, -0.05) is 19.9 Å². The number of hydrogen-bond donors (Lipinski definition) is 1. The molecule has 0 fully saturated rings. The first-order valence-electron chi connectivity index (χ1n) is 6.82. The third-order valence-corrected chi connectivity index (χ3v) is 4.09. The summed E-state index contributed by atoms with van der Waals surface area (Å²) in [6.07, 6.45) is 0. The van der Waals surface area contributed by atoms with E-state index in [4.69, 9.17) is 4.98 Å². The zero-order chi connectivity index (χ0) is 14.7. The summed E-state index contributed by atoms with van der Waals surface area (Å²) in [6.45, 7) is 7.17. The van der Waals surface area contributed by atoms with Gasteiger partial charge in [-0.25, -0.2) is 9.97 Å². The predicted molar refractivity (Wildman–Crippen MR) is 86.8 cm³/mol. The summed E-state index contributed by atoms with van der Waals surface area (Å²) in [6, 6.07) is 4.24. The minimum atomic E-state index is 0.316. The topological polar surface area (TPSA) is 41.1 Å². The summed E-state index contributed by atoms with van der Waals surface area (Å²) in [5, 5.41) is 5.28. The van der Waals surface area contributed by atoms with Crippen LogP contribution < -0.4 is 10.2 Å². The molecule has 20 heavy (non-hydrogen) atoms. The lowest BCUT2D eigenvalue weighted by atomic mass is 10.2. The van der Waals surface area contributed by atoms with Gasteiger partial charge in [0, 0.05) is 30.5 Å². The van der Waals surface area contributed by atoms with E-state index in [2.05, 4.69) is 60.5 Å². The van der Waals surface area contributed by atoms with E-state index >= 15 is 0 Å². The Morgan fingerprint density at radius 1 is 1.35 bits per heavy atom. The van der Waals surface area contributed by atoms with E-state index in [1.54, 1.807) is 11.3 Å². The highest BCUT2D eigenvalue weighted by molar-refractivity contribution is 7.09. The number of thiophene rings is 1. The molecule has 0 saturated carbocycles. The lowest BCUT2D eigenvalue weighted by Crippen LogP contribution is -2.20. The van der Waals surface area contributed by atoms with Crippen molar-refractivity contribution in [3.63, 3.8) is 0 Å². The van der Waals surface area contributed by atoms with Gasteiger partial charge in [-0.15, -0.1) is 11.3 Å². The summed E-state index contributed by atoms with van der Waals surface area (Å²) >= 11 is 1.77. The van der Waals surface area contributed by atoms with E-state index in [0.29, 0.717) is 5.92 Å². The molecule has 0 saturated heterocycles. The van der Waals surface area contributed by atoms with Gasteiger partial charge in [0.25, 0.3) is 0 Å². The van der Waals surface area contributed by atoms with Crippen molar-refractivity contribution in [3.05, 3.63) is 33.8 Å². The van der Waals surface area contributed by atoms with Crippen LogP contribution >= 0.6 is 11.3 Å². The summed E-state index contributed by atoms with van der Waals surface area (Å²) in [7, 11) is 3.99. The van der Waals surface area contributed by atoms with Gasteiger partial charge in [-0.2, -0.15) is 0 Å². The van der Waals surface area contributed by atoms with E-state index in [1.165, 1.54) is 4.88 Å². The standard InChI is InChI=1S/C15H22N4S/c1-10(2)13-17-14(16-4)11(3)15(18-13)19(5)9-12-7-6-8-20-12/h6-8,10H,9H2,1-5H3,(H,16,17,18). The second kappa shape index (κ2) is 6.22. The van der Waals surface area contributed by atoms with Gasteiger partial charge in [0.15, 0.2) is 0 Å². The first-order valence-corrected chi connectivity index (χ1v) is 7.70. The molecule has 0 aliphatic rings. The van der Waals surface area contributed by atoms with E-state index in [-0.39, 0.29) is 0 Å². The molecule has 2 aromatic heterocycles. The van der Waals surface area contributed by atoms with E-state index in [0.717, 1.165) is 29.6 Å². The smallest absolute Gasteiger partial charge is 0.137 e. The predicted octanol–water partition coefficient (Wildman–Crippen LogP) is 3.65. The fraction of sp³-hybridized carbons (Fsp3) is 0.467. The zero-order valence-electron chi connectivity index (χ0n) is 12.8. The van der Waals surface area contributed by atoms with Crippen molar-refractivity contribution >= 4 is 23.0 Å². The van der Waals surface area contributed by atoms with Crippen LogP contribution in [0.25, 0.3) is 0 Å². The Morgan fingerprint density at radius 3 is 2.65 bits per heavy atom. The van der Waals surface area contributed by atoms with Crippen molar-refractivity contribution in [2.24, 2.45) is 0 Å². The van der Waals surface area contributed by atoms with Crippen molar-refractivity contribution in [2.45, 2.75) is 33.2 Å². The van der Waals surface area contributed by atoms with Gasteiger partial charge in [-0.3, -0.25) is 0 Å². The Hall–Kier alpha value is -1.62. The largest absolute Gasteiger partial charge is 0.373 e. The van der Waals surface area contributed by atoms with E-state index in [9.17, 15) is 0 Å². The molecule has 1 N–H and O–H groups in total. The Balaban J connectivity index is 2.36. The Morgan fingerprint density at radius 2 is 2.10 bits per heavy atom. The van der Waals surface area contributed by atoms with Crippen LogP contribution in [0.2, 0.25) is 0 Å². The number of anilines is 2. The Labute approximate surface area is 124 Å². The molecule has 0 aliphatic heterocycles. The molecule has 0 spiro atoms. The Kier molecular flexibility index (Phi) is 4.60. The number of aromatic nitrogens is 2. The van der Waals surface area contributed by atoms with Crippen molar-refractivity contribution in [2.75, 3.05) is 24.3 Å². The molecule has 2 heterocycles. The van der Waals surface area contributed by atoms with Gasteiger partial charge in [0.2, 0.25) is 0 Å². The molecule has 4 nitrogen and oxygen atoms in total. The van der Waals surface area contributed by atoms with Gasteiger partial charge in [0.05, 0.1) is 6.54 Å². The molecule has 2 rings (SSSR count). The first-order chi connectivity index (χ1) is 9.52. The normalized spacial score (nSPS) is 10.9. The number of nitrogens with zero attached hydrogens (tertiary/aromatic N) is 3. The van der Waals surface area contributed by atoms with Crippen LogP contribution in [-0.2, 0) is 6.54 Å². The second-order valence-corrected chi connectivity index (χ2v) is 6.25. The van der Waals surface area contributed by atoms with Crippen LogP contribution in [0.4, 0.5) is 11.6 Å². The fourth-order valence-corrected chi connectivity index (χ4v) is 2.86. The third kappa shape index (κ3) is 3.10. The average Bonchev–Trinajstić information content (AvgIpc) is 2.91. The molecule has 0 atom stereocenters. The molecule has 2 aromatic rings. The van der Waals surface area contributed by atoms with E-state index < -0.39 is 0 Å². The number of rotatable bonds is 5. The summed E-state index contributed by atoms with van der Waals surface area (Å²) in [4.78, 5) is 12.9. The molecule has 0 amide bonds. The quantitative estimate of drug-likeness (QED) is 0.912. The van der Waals surface area contributed by atoms with Crippen molar-refractivity contribution in [1.82, 2.24) is 9.97 Å². The number of hydrogen-bond acceptors (Lipinski definition) is 5. The maximum atomic E-state index is 4.74. The van der Waals surface area contributed by atoms with Crippen LogP contribution in [0.1, 0.15) is 36.0 Å². The Bertz CT molecular complexity index is 564. The molecule has 108 valence electrons. The molecular formula is C15H22N4S. The summed E-state index contributed by atoms with van der Waals surface area (Å²) < 4.78 is 0. The summed E-state index contributed by atoms with van der Waals surface area (Å²) in [5.41, 5.74) is 1.09. The van der Waals surface area contributed by atoms with Crippen LogP contribution in [0.3, 0.4) is 0 Å². The SMILES string of the molecule is CNc1nc(C(C)C)nc(N(C)Cc2cccs2)c1C. The third-order valence-electron chi connectivity index (χ3n) is 3.23. The van der Waals surface area contributed by atoms with Crippen LogP contribution in [0.15, 0.2) is 17.5 Å². The highest BCUT2D eigenvalue weighted by atomic mass is 32.1. The lowest BCUT2D eigenvalue weighted by Gasteiger charge is -2.22. The minimum absolute atomic E-state index is 0.316. The van der Waals surface area contributed by atoms with Crippen LogP contribution in [0.5, 0.6) is 0 Å². The van der Waals surface area contributed by atoms with Crippen LogP contribution in [-0.4, -0.2) is 24.1 Å². The monoisotopic (exact) mass is 290 g/mol. The van der Waals surface area contributed by atoms with Gasteiger partial charge in [-0.05, 0) is 18.4 Å². The average molecular weight is 290 g/mol. The first kappa shape index (κ1) is 14.8. The van der Waals surface area contributed by atoms with Gasteiger partial charge < -0.3 is 10.2 Å². The maximum absolute atomic E-state index is 4.74. The fourth-order valence-electron chi connectivity index (χ4n) is 2.11. The van der Waals surface area contributed by atoms with Crippen molar-refractivity contribution in [3.8, 4) is 0 Å². The minimum Gasteiger partial charge on any atom is -0.373 e. The maximum Gasteiger partial charge on any atom is 0.137 e. The molecule has 0 radical (unpaired) electrons. The molecule has 5 heteroatoms. The van der Waals surface area contributed by atoms with Crippen LogP contribution in [0, 0.1) is 6.92 Å². The van der Waals surface area contributed by atoms with Crippen molar-refractivity contribution in [1.29, 1.82) is 0 Å². The highest BCUT2D eigenvalue weighted by Gasteiger charge is 2.15. The summed E-state index contributed by atoms with van der Waals surface area (Å²) in [5.74, 6) is 3.11. The van der Waals surface area contributed by atoms with Gasteiger partial charge >= 0.3 is 0 Å². The lowest BCUT2D eigenvalue weighted by molar-refractivity contribution is 0.761. The molecule has 0 bridgehead atoms.